The number of thiocarbonyl (C=S) groups is 1. The minimum Gasteiger partial charge on any atom is -0.466 e. The number of hydrogen-bond donors (Lipinski definition) is 2. The summed E-state index contributed by atoms with van der Waals surface area (Å²) < 4.78 is 45.9. The molecule has 0 saturated carbocycles. The van der Waals surface area contributed by atoms with Gasteiger partial charge in [-0.25, -0.2) is 0 Å². The van der Waals surface area contributed by atoms with Gasteiger partial charge in [0.2, 0.25) is 0 Å². The van der Waals surface area contributed by atoms with Crippen molar-refractivity contribution < 1.29 is 27.8 Å². The Morgan fingerprint density at radius 1 is 1.42 bits per heavy atom. The third kappa shape index (κ3) is 2.93. The van der Waals surface area contributed by atoms with Gasteiger partial charge in [0.1, 0.15) is 5.92 Å². The molecule has 0 radical (unpaired) electrons. The number of rotatable bonds is 3. The molecule has 9 heteroatoms. The van der Waals surface area contributed by atoms with E-state index in [-0.39, 0.29) is 11.7 Å². The number of aliphatic hydroxyl groups is 1. The molecule has 1 saturated heterocycles. The summed E-state index contributed by atoms with van der Waals surface area (Å²) in [4.78, 5) is 12.8. The van der Waals surface area contributed by atoms with Crippen molar-refractivity contribution >= 4 is 23.3 Å². The average molecular weight is 362 g/mol. The molecule has 0 spiro atoms. The zero-order valence-electron chi connectivity index (χ0n) is 13.0. The van der Waals surface area contributed by atoms with Gasteiger partial charge in [-0.2, -0.15) is 13.2 Å². The zero-order chi connectivity index (χ0) is 18.1. The molecule has 1 aromatic carbocycles. The summed E-state index contributed by atoms with van der Waals surface area (Å²) in [6.45, 7) is 1.37. The molecule has 0 aliphatic carbocycles. The molecule has 1 aliphatic heterocycles. The van der Waals surface area contributed by atoms with Crippen molar-refractivity contribution in [1.82, 2.24) is 10.2 Å². The predicted octanol–water partition coefficient (Wildman–Crippen LogP) is 1.98. The Balaban J connectivity index is 2.61. The molecule has 24 heavy (non-hydrogen) atoms. The fourth-order valence-electron chi connectivity index (χ4n) is 2.74. The molecule has 1 fully saturated rings. The zero-order valence-corrected chi connectivity index (χ0v) is 13.8. The van der Waals surface area contributed by atoms with Crippen LogP contribution in [0.15, 0.2) is 30.3 Å². The Bertz CT molecular complexity index is 626. The highest BCUT2D eigenvalue weighted by molar-refractivity contribution is 7.80. The Kier molecular flexibility index (Phi) is 5.05. The van der Waals surface area contributed by atoms with Crippen molar-refractivity contribution in [3.63, 3.8) is 0 Å². The van der Waals surface area contributed by atoms with E-state index >= 15 is 0 Å². The summed E-state index contributed by atoms with van der Waals surface area (Å²) >= 11 is 4.93. The van der Waals surface area contributed by atoms with Crippen LogP contribution in [-0.4, -0.2) is 46.6 Å². The number of carbonyl (C=O) groups is 1. The molecule has 0 bridgehead atoms. The highest BCUT2D eigenvalue weighted by Crippen LogP contribution is 2.46. The van der Waals surface area contributed by atoms with Crippen molar-refractivity contribution in [2.24, 2.45) is 5.92 Å². The van der Waals surface area contributed by atoms with E-state index in [2.05, 4.69) is 5.32 Å². The lowest BCUT2D eigenvalue weighted by atomic mass is 9.81. The molecule has 1 heterocycles. The van der Waals surface area contributed by atoms with E-state index in [1.54, 1.807) is 30.3 Å². The van der Waals surface area contributed by atoms with E-state index in [1.165, 1.54) is 6.92 Å². The van der Waals surface area contributed by atoms with Gasteiger partial charge in [-0.1, -0.05) is 30.3 Å². The van der Waals surface area contributed by atoms with Gasteiger partial charge in [0.05, 0.1) is 12.6 Å². The summed E-state index contributed by atoms with van der Waals surface area (Å²) in [5, 5.41) is 12.9. The van der Waals surface area contributed by atoms with Gasteiger partial charge in [0.15, 0.2) is 5.11 Å². The Morgan fingerprint density at radius 3 is 2.50 bits per heavy atom. The second-order valence-electron chi connectivity index (χ2n) is 5.35. The van der Waals surface area contributed by atoms with E-state index in [0.717, 1.165) is 7.05 Å². The van der Waals surface area contributed by atoms with Crippen LogP contribution in [0.25, 0.3) is 0 Å². The number of ether oxygens (including phenoxy) is 1. The number of esters is 1. The Labute approximate surface area is 142 Å². The highest BCUT2D eigenvalue weighted by atomic mass is 32.1. The summed E-state index contributed by atoms with van der Waals surface area (Å²) in [7, 11) is 0.982. The van der Waals surface area contributed by atoms with Gasteiger partial charge in [-0.15, -0.1) is 0 Å². The average Bonchev–Trinajstić information content (AvgIpc) is 2.52. The number of hydrogen-bond acceptors (Lipinski definition) is 4. The fraction of sp³-hybridized carbons (Fsp3) is 0.467. The maximum Gasteiger partial charge on any atom is 0.437 e. The molecular formula is C15H17F3N2O3S. The van der Waals surface area contributed by atoms with Crippen LogP contribution >= 0.6 is 12.2 Å². The Morgan fingerprint density at radius 2 is 2.00 bits per heavy atom. The second-order valence-corrected chi connectivity index (χ2v) is 5.74. The van der Waals surface area contributed by atoms with Gasteiger partial charge >= 0.3 is 12.1 Å². The molecule has 0 aromatic heterocycles. The predicted molar refractivity (Wildman–Crippen MR) is 83.8 cm³/mol. The van der Waals surface area contributed by atoms with Crippen molar-refractivity contribution in [2.45, 2.75) is 24.9 Å². The number of benzene rings is 1. The lowest BCUT2D eigenvalue weighted by Gasteiger charge is -2.50. The van der Waals surface area contributed by atoms with Gasteiger partial charge in [-0.3, -0.25) is 4.79 Å². The molecule has 1 aromatic rings. The molecule has 132 valence electrons. The first-order valence-electron chi connectivity index (χ1n) is 7.19. The lowest BCUT2D eigenvalue weighted by Crippen LogP contribution is -2.73. The quantitative estimate of drug-likeness (QED) is 0.633. The first-order valence-corrected chi connectivity index (χ1v) is 7.60. The van der Waals surface area contributed by atoms with Gasteiger partial charge in [0.25, 0.3) is 5.72 Å². The smallest absolute Gasteiger partial charge is 0.437 e. The minimum atomic E-state index is -5.13. The van der Waals surface area contributed by atoms with E-state index in [4.69, 9.17) is 17.0 Å². The van der Waals surface area contributed by atoms with Crippen LogP contribution in [0.1, 0.15) is 18.5 Å². The van der Waals surface area contributed by atoms with E-state index < -0.39 is 29.8 Å². The first-order chi connectivity index (χ1) is 11.1. The molecule has 0 unspecified atom stereocenters. The summed E-state index contributed by atoms with van der Waals surface area (Å²) in [5.74, 6) is -3.11. The molecule has 1 aliphatic rings. The van der Waals surface area contributed by atoms with Gasteiger partial charge in [0, 0.05) is 7.05 Å². The van der Waals surface area contributed by atoms with E-state index in [9.17, 15) is 23.1 Å². The van der Waals surface area contributed by atoms with Gasteiger partial charge in [-0.05, 0) is 24.7 Å². The number of halogens is 3. The molecular weight excluding hydrogens is 345 g/mol. The van der Waals surface area contributed by atoms with Crippen molar-refractivity contribution in [1.29, 1.82) is 0 Å². The SMILES string of the molecule is CCOC(=O)[C@@H]1[C@@H](c2ccccc2)NC(=S)N(C)[C@@]1(O)C(F)(F)F. The van der Waals surface area contributed by atoms with Crippen LogP contribution in [-0.2, 0) is 9.53 Å². The van der Waals surface area contributed by atoms with Crippen molar-refractivity contribution in [3.05, 3.63) is 35.9 Å². The third-order valence-corrected chi connectivity index (χ3v) is 4.37. The lowest BCUT2D eigenvalue weighted by molar-refractivity contribution is -0.325. The summed E-state index contributed by atoms with van der Waals surface area (Å²) in [5.41, 5.74) is -3.10. The highest BCUT2D eigenvalue weighted by Gasteiger charge is 2.69. The van der Waals surface area contributed by atoms with Crippen LogP contribution in [0.4, 0.5) is 13.2 Å². The standard InChI is InChI=1S/C15H17F3N2O3S/c1-3-23-12(21)10-11(9-7-5-4-6-8-9)19-13(24)20(2)14(10,22)15(16,17)18/h4-8,10-11,22H,3H2,1-2H3,(H,19,24)/t10-,11+,14-/m0/s1. The molecule has 2 N–H and O–H groups in total. The molecule has 3 atom stereocenters. The minimum absolute atomic E-state index is 0.112. The number of nitrogens with one attached hydrogen (secondary N) is 1. The fourth-order valence-corrected chi connectivity index (χ4v) is 3.01. The largest absolute Gasteiger partial charge is 0.466 e. The second kappa shape index (κ2) is 6.56. The van der Waals surface area contributed by atoms with Crippen LogP contribution < -0.4 is 5.32 Å². The topological polar surface area (TPSA) is 61.8 Å². The number of nitrogens with zero attached hydrogens (tertiary/aromatic N) is 1. The normalized spacial score (nSPS) is 27.6. The number of alkyl halides is 3. The summed E-state index contributed by atoms with van der Waals surface area (Å²) in [6, 6.07) is 6.84. The molecule has 0 amide bonds. The summed E-state index contributed by atoms with van der Waals surface area (Å²) in [6.07, 6.45) is -5.13. The van der Waals surface area contributed by atoms with Crippen LogP contribution in [0, 0.1) is 5.92 Å². The monoisotopic (exact) mass is 362 g/mol. The molecule has 5 nitrogen and oxygen atoms in total. The van der Waals surface area contributed by atoms with Crippen LogP contribution in [0.5, 0.6) is 0 Å². The van der Waals surface area contributed by atoms with Crippen LogP contribution in [0.2, 0.25) is 0 Å². The van der Waals surface area contributed by atoms with E-state index in [0.29, 0.717) is 10.5 Å². The first kappa shape index (κ1) is 18.5. The van der Waals surface area contributed by atoms with Gasteiger partial charge < -0.3 is 20.1 Å². The third-order valence-electron chi connectivity index (χ3n) is 3.98. The van der Waals surface area contributed by atoms with E-state index in [1.807, 2.05) is 0 Å². The van der Waals surface area contributed by atoms with Crippen molar-refractivity contribution in [2.75, 3.05) is 13.7 Å². The maximum atomic E-state index is 13.7. The maximum absolute atomic E-state index is 13.7. The molecule has 2 rings (SSSR count). The Hall–Kier alpha value is -1.87. The van der Waals surface area contributed by atoms with Crippen molar-refractivity contribution in [3.8, 4) is 0 Å². The van der Waals surface area contributed by atoms with Crippen LogP contribution in [0.3, 0.4) is 0 Å². The number of carbonyl (C=O) groups excluding carboxylic acids is 1.